The van der Waals surface area contributed by atoms with Gasteiger partial charge in [-0.05, 0) is 31.9 Å². The first-order valence-corrected chi connectivity index (χ1v) is 7.19. The SMILES string of the molecule is CC(N)c1cc(C(=O)Nc2nc(C3(C)CC3)ccc2N)no1. The molecule has 2 aromatic rings. The Morgan fingerprint density at radius 2 is 2.18 bits per heavy atom. The normalized spacial score (nSPS) is 17.0. The standard InChI is InChI=1S/C15H19N5O2/c1-8(16)11-7-10(20-22-11)14(21)19-13-9(17)3-4-12(18-13)15(2)5-6-15/h3-4,7-8H,5-6,16-17H2,1-2H3,(H,18,19,21). The van der Waals surface area contributed by atoms with Gasteiger partial charge in [0, 0.05) is 17.2 Å². The molecule has 0 aromatic carbocycles. The van der Waals surface area contributed by atoms with Crippen LogP contribution in [0.2, 0.25) is 0 Å². The lowest BCUT2D eigenvalue weighted by molar-refractivity contribution is 0.101. The highest BCUT2D eigenvalue weighted by Gasteiger charge is 2.40. The highest BCUT2D eigenvalue weighted by molar-refractivity contribution is 6.03. The van der Waals surface area contributed by atoms with Crippen molar-refractivity contribution in [3.8, 4) is 0 Å². The van der Waals surface area contributed by atoms with Crippen molar-refractivity contribution in [3.05, 3.63) is 35.3 Å². The summed E-state index contributed by atoms with van der Waals surface area (Å²) < 4.78 is 5.02. The Morgan fingerprint density at radius 3 is 2.77 bits per heavy atom. The molecule has 7 heteroatoms. The van der Waals surface area contributed by atoms with Gasteiger partial charge in [0.1, 0.15) is 0 Å². The van der Waals surface area contributed by atoms with Gasteiger partial charge in [0.25, 0.3) is 5.91 Å². The Balaban J connectivity index is 1.81. The smallest absolute Gasteiger partial charge is 0.279 e. The summed E-state index contributed by atoms with van der Waals surface area (Å²) in [6.45, 7) is 3.89. The molecule has 0 spiro atoms. The number of pyridine rings is 1. The molecule has 1 aliphatic carbocycles. The van der Waals surface area contributed by atoms with Crippen LogP contribution in [0.3, 0.4) is 0 Å². The van der Waals surface area contributed by atoms with Crippen molar-refractivity contribution in [2.24, 2.45) is 5.73 Å². The molecule has 1 saturated carbocycles. The lowest BCUT2D eigenvalue weighted by Gasteiger charge is -2.12. The summed E-state index contributed by atoms with van der Waals surface area (Å²) >= 11 is 0. The van der Waals surface area contributed by atoms with Crippen LogP contribution >= 0.6 is 0 Å². The molecule has 0 saturated heterocycles. The zero-order chi connectivity index (χ0) is 15.9. The van der Waals surface area contributed by atoms with Crippen LogP contribution in [-0.2, 0) is 5.41 Å². The highest BCUT2D eigenvalue weighted by Crippen LogP contribution is 2.47. The van der Waals surface area contributed by atoms with Gasteiger partial charge in [0.15, 0.2) is 17.3 Å². The van der Waals surface area contributed by atoms with Gasteiger partial charge in [-0.25, -0.2) is 4.98 Å². The lowest BCUT2D eigenvalue weighted by Crippen LogP contribution is -2.16. The minimum atomic E-state index is -0.423. The molecule has 7 nitrogen and oxygen atoms in total. The first-order chi connectivity index (χ1) is 10.4. The number of hydrogen-bond acceptors (Lipinski definition) is 6. The first kappa shape index (κ1) is 14.5. The van der Waals surface area contributed by atoms with E-state index >= 15 is 0 Å². The predicted molar refractivity (Wildman–Crippen MR) is 82.3 cm³/mol. The molecule has 5 N–H and O–H groups in total. The number of rotatable bonds is 4. The minimum absolute atomic E-state index is 0.100. The van der Waals surface area contributed by atoms with Crippen molar-refractivity contribution in [2.45, 2.75) is 38.1 Å². The number of nitrogens with two attached hydrogens (primary N) is 2. The van der Waals surface area contributed by atoms with Crippen LogP contribution in [0.5, 0.6) is 0 Å². The van der Waals surface area contributed by atoms with Crippen LogP contribution < -0.4 is 16.8 Å². The molecule has 116 valence electrons. The van der Waals surface area contributed by atoms with E-state index in [2.05, 4.69) is 22.4 Å². The highest BCUT2D eigenvalue weighted by atomic mass is 16.5. The second kappa shape index (κ2) is 5.10. The quantitative estimate of drug-likeness (QED) is 0.794. The summed E-state index contributed by atoms with van der Waals surface area (Å²) in [5, 5.41) is 6.39. The Hall–Kier alpha value is -2.41. The van der Waals surface area contributed by atoms with Gasteiger partial charge in [0.05, 0.1) is 11.7 Å². The van der Waals surface area contributed by atoms with E-state index in [1.165, 1.54) is 6.07 Å². The maximum atomic E-state index is 12.2. The summed E-state index contributed by atoms with van der Waals surface area (Å²) in [6.07, 6.45) is 2.19. The Morgan fingerprint density at radius 1 is 1.45 bits per heavy atom. The summed E-state index contributed by atoms with van der Waals surface area (Å²) in [5.41, 5.74) is 13.2. The van der Waals surface area contributed by atoms with Crippen LogP contribution in [-0.4, -0.2) is 16.0 Å². The molecular formula is C15H19N5O2. The van der Waals surface area contributed by atoms with E-state index in [1.807, 2.05) is 6.07 Å². The van der Waals surface area contributed by atoms with E-state index in [0.29, 0.717) is 17.3 Å². The van der Waals surface area contributed by atoms with Gasteiger partial charge in [0.2, 0.25) is 0 Å². The fraction of sp³-hybridized carbons (Fsp3) is 0.400. The molecule has 1 unspecified atom stereocenters. The maximum absolute atomic E-state index is 12.2. The zero-order valence-corrected chi connectivity index (χ0v) is 12.6. The second-order valence-electron chi connectivity index (χ2n) is 6.05. The molecule has 2 heterocycles. The number of nitrogens with zero attached hydrogens (tertiary/aromatic N) is 2. The summed E-state index contributed by atoms with van der Waals surface area (Å²) in [4.78, 5) is 16.7. The molecule has 2 aromatic heterocycles. The average Bonchev–Trinajstić information content (AvgIpc) is 3.04. The van der Waals surface area contributed by atoms with Crippen molar-refractivity contribution in [3.63, 3.8) is 0 Å². The Kier molecular flexibility index (Phi) is 3.37. The fourth-order valence-corrected chi connectivity index (χ4v) is 2.13. The molecule has 1 aliphatic rings. The van der Waals surface area contributed by atoms with Gasteiger partial charge in [-0.15, -0.1) is 0 Å². The maximum Gasteiger partial charge on any atom is 0.279 e. The van der Waals surface area contributed by atoms with E-state index < -0.39 is 5.91 Å². The number of hydrogen-bond donors (Lipinski definition) is 3. The zero-order valence-electron chi connectivity index (χ0n) is 12.6. The Labute approximate surface area is 128 Å². The van der Waals surface area contributed by atoms with Gasteiger partial charge < -0.3 is 21.3 Å². The number of nitrogen functional groups attached to an aromatic ring is 1. The first-order valence-electron chi connectivity index (χ1n) is 7.19. The third-order valence-corrected chi connectivity index (χ3v) is 3.99. The molecule has 1 amide bonds. The number of aromatic nitrogens is 2. The van der Waals surface area contributed by atoms with Crippen LogP contribution in [0, 0.1) is 0 Å². The van der Waals surface area contributed by atoms with Crippen LogP contribution in [0.25, 0.3) is 0 Å². The van der Waals surface area contributed by atoms with Crippen molar-refractivity contribution in [1.82, 2.24) is 10.1 Å². The van der Waals surface area contributed by atoms with Crippen molar-refractivity contribution in [1.29, 1.82) is 0 Å². The van der Waals surface area contributed by atoms with Gasteiger partial charge >= 0.3 is 0 Å². The van der Waals surface area contributed by atoms with E-state index in [0.717, 1.165) is 18.5 Å². The lowest BCUT2D eigenvalue weighted by atomic mass is 10.0. The van der Waals surface area contributed by atoms with Crippen LogP contribution in [0.15, 0.2) is 22.7 Å². The van der Waals surface area contributed by atoms with Crippen molar-refractivity contribution in [2.75, 3.05) is 11.1 Å². The van der Waals surface area contributed by atoms with E-state index in [1.54, 1.807) is 13.0 Å². The van der Waals surface area contributed by atoms with Crippen LogP contribution in [0.1, 0.15) is 54.7 Å². The number of nitrogens with one attached hydrogen (secondary N) is 1. The van der Waals surface area contributed by atoms with Crippen LogP contribution in [0.4, 0.5) is 11.5 Å². The molecule has 0 aliphatic heterocycles. The molecule has 3 rings (SSSR count). The predicted octanol–water partition coefficient (Wildman–Crippen LogP) is 1.98. The minimum Gasteiger partial charge on any atom is -0.396 e. The number of anilines is 2. The summed E-state index contributed by atoms with van der Waals surface area (Å²) in [5.74, 6) is 0.374. The van der Waals surface area contributed by atoms with Crippen molar-refractivity contribution >= 4 is 17.4 Å². The number of carbonyl (C=O) groups excluding carboxylic acids is 1. The average molecular weight is 301 g/mol. The van der Waals surface area contributed by atoms with E-state index in [-0.39, 0.29) is 17.2 Å². The fourth-order valence-electron chi connectivity index (χ4n) is 2.13. The largest absolute Gasteiger partial charge is 0.396 e. The molecular weight excluding hydrogens is 282 g/mol. The molecule has 0 bridgehead atoms. The van der Waals surface area contributed by atoms with E-state index in [9.17, 15) is 4.79 Å². The summed E-state index contributed by atoms with van der Waals surface area (Å²) in [6, 6.07) is 4.86. The Bertz CT molecular complexity index is 718. The van der Waals surface area contributed by atoms with Gasteiger partial charge in [-0.2, -0.15) is 0 Å². The van der Waals surface area contributed by atoms with Crippen molar-refractivity contribution < 1.29 is 9.32 Å². The second-order valence-corrected chi connectivity index (χ2v) is 6.05. The third-order valence-electron chi connectivity index (χ3n) is 3.99. The number of carbonyl (C=O) groups is 1. The monoisotopic (exact) mass is 301 g/mol. The summed E-state index contributed by atoms with van der Waals surface area (Å²) in [7, 11) is 0. The molecule has 0 radical (unpaired) electrons. The molecule has 1 atom stereocenters. The molecule has 1 fully saturated rings. The molecule has 22 heavy (non-hydrogen) atoms. The third kappa shape index (κ3) is 2.67. The van der Waals surface area contributed by atoms with Gasteiger partial charge in [-0.3, -0.25) is 4.79 Å². The number of amides is 1. The van der Waals surface area contributed by atoms with Gasteiger partial charge in [-0.1, -0.05) is 12.1 Å². The van der Waals surface area contributed by atoms with E-state index in [4.69, 9.17) is 16.0 Å². The topological polar surface area (TPSA) is 120 Å².